The third kappa shape index (κ3) is 4.39. The van der Waals surface area contributed by atoms with Gasteiger partial charge >= 0.3 is 6.03 Å². The molecule has 35 heavy (non-hydrogen) atoms. The van der Waals surface area contributed by atoms with Gasteiger partial charge in [-0.2, -0.15) is 0 Å². The van der Waals surface area contributed by atoms with Crippen LogP contribution in [0.5, 0.6) is 0 Å². The number of carbonyl (C=O) groups is 2. The third-order valence-corrected chi connectivity index (χ3v) is 8.14. The monoisotopic (exact) mass is 502 g/mol. The van der Waals surface area contributed by atoms with Crippen LogP contribution in [0.15, 0.2) is 52.3 Å². The number of imide groups is 1. The summed E-state index contributed by atoms with van der Waals surface area (Å²) in [4.78, 5) is 32.6. The van der Waals surface area contributed by atoms with E-state index in [4.69, 9.17) is 0 Å². The topological polar surface area (TPSA) is 76.1 Å². The van der Waals surface area contributed by atoms with Gasteiger partial charge in [-0.3, -0.25) is 9.69 Å². The Balaban J connectivity index is 1.39. The first-order valence-electron chi connectivity index (χ1n) is 11.6. The Morgan fingerprint density at radius 3 is 2.43 bits per heavy atom. The first-order valence-corrected chi connectivity index (χ1v) is 12.5. The number of likely N-dealkylation sites (tertiary alicyclic amines) is 1. The molecule has 3 aliphatic heterocycles. The Labute approximate surface area is 207 Å². The SMILES string of the molecule is CN1CCC2(CC1)NC(=O)N(CC(O)CN1c3ccccc3Sc3ccc(C(C)(F)F)cc31)C2=O. The number of halogens is 2. The fourth-order valence-electron chi connectivity index (χ4n) is 4.96. The number of aliphatic hydroxyl groups is 1. The molecule has 3 aliphatic rings. The van der Waals surface area contributed by atoms with Crippen LogP contribution in [0.1, 0.15) is 25.3 Å². The van der Waals surface area contributed by atoms with Crippen molar-refractivity contribution < 1.29 is 23.5 Å². The molecule has 2 N–H and O–H groups in total. The minimum absolute atomic E-state index is 0.0378. The number of β-amino-alcohol motifs (C(OH)–C–C–N with tert-alkyl or cyclic N) is 1. The number of piperidine rings is 1. The largest absolute Gasteiger partial charge is 0.389 e. The van der Waals surface area contributed by atoms with E-state index >= 15 is 0 Å². The molecule has 1 atom stereocenters. The zero-order valence-corrected chi connectivity index (χ0v) is 20.4. The minimum Gasteiger partial charge on any atom is -0.389 e. The highest BCUT2D eigenvalue weighted by Crippen LogP contribution is 2.49. The predicted molar refractivity (Wildman–Crippen MR) is 129 cm³/mol. The van der Waals surface area contributed by atoms with Gasteiger partial charge in [0.2, 0.25) is 0 Å². The number of benzene rings is 2. The molecule has 10 heteroatoms. The number of amides is 3. The lowest BCUT2D eigenvalue weighted by atomic mass is 9.87. The average molecular weight is 503 g/mol. The molecule has 0 radical (unpaired) electrons. The van der Waals surface area contributed by atoms with Gasteiger partial charge in [0.05, 0.1) is 30.6 Å². The van der Waals surface area contributed by atoms with Crippen LogP contribution in [0.2, 0.25) is 0 Å². The summed E-state index contributed by atoms with van der Waals surface area (Å²) in [5.74, 6) is -3.32. The summed E-state index contributed by atoms with van der Waals surface area (Å²) in [5, 5.41) is 13.9. The molecule has 3 amide bonds. The van der Waals surface area contributed by atoms with Crippen molar-refractivity contribution in [3.8, 4) is 0 Å². The van der Waals surface area contributed by atoms with Crippen molar-refractivity contribution >= 4 is 35.1 Å². The van der Waals surface area contributed by atoms with Crippen LogP contribution in [0, 0.1) is 0 Å². The summed E-state index contributed by atoms with van der Waals surface area (Å²) >= 11 is 1.48. The van der Waals surface area contributed by atoms with Crippen LogP contribution in [0.4, 0.5) is 25.0 Å². The fraction of sp³-hybridized carbons (Fsp3) is 0.440. The third-order valence-electron chi connectivity index (χ3n) is 7.01. The number of nitrogens with one attached hydrogen (secondary N) is 1. The number of anilines is 2. The molecule has 186 valence electrons. The molecule has 0 bridgehead atoms. The standard InChI is InChI=1S/C25H28F2N4O3S/c1-24(26,27)16-7-8-21-19(13-16)30(18-5-3-4-6-20(18)35-21)14-17(32)15-31-22(33)25(28-23(31)34)9-11-29(2)12-10-25/h3-8,13,17,32H,9-12,14-15H2,1-2H3,(H,28,34). The zero-order chi connectivity index (χ0) is 25.0. The maximum Gasteiger partial charge on any atom is 0.325 e. The molecule has 0 aromatic heterocycles. The summed E-state index contributed by atoms with van der Waals surface area (Å²) in [6.45, 7) is 2.12. The highest BCUT2D eigenvalue weighted by Gasteiger charge is 2.52. The van der Waals surface area contributed by atoms with E-state index in [-0.39, 0.29) is 24.6 Å². The number of fused-ring (bicyclic) bond motifs is 2. The van der Waals surface area contributed by atoms with Gasteiger partial charge < -0.3 is 20.2 Å². The van der Waals surface area contributed by atoms with Gasteiger partial charge in [0.1, 0.15) is 5.54 Å². The van der Waals surface area contributed by atoms with E-state index in [0.29, 0.717) is 31.6 Å². The quantitative estimate of drug-likeness (QED) is 0.607. The number of hydrogen-bond donors (Lipinski definition) is 2. The lowest BCUT2D eigenvalue weighted by Crippen LogP contribution is -2.54. The molecule has 7 nitrogen and oxygen atoms in total. The normalized spacial score (nSPS) is 20.6. The number of urea groups is 1. The van der Waals surface area contributed by atoms with E-state index in [2.05, 4.69) is 10.2 Å². The van der Waals surface area contributed by atoms with Crippen LogP contribution < -0.4 is 10.2 Å². The summed E-state index contributed by atoms with van der Waals surface area (Å²) in [6.07, 6.45) is -0.0294. The van der Waals surface area contributed by atoms with E-state index < -0.39 is 23.6 Å². The second kappa shape index (κ2) is 8.76. The van der Waals surface area contributed by atoms with Crippen LogP contribution in [0.25, 0.3) is 0 Å². The molecular formula is C25H28F2N4O3S. The Morgan fingerprint density at radius 2 is 1.71 bits per heavy atom. The maximum absolute atomic E-state index is 14.1. The molecule has 2 fully saturated rings. The number of alkyl halides is 2. The van der Waals surface area contributed by atoms with Gasteiger partial charge in [0.25, 0.3) is 11.8 Å². The van der Waals surface area contributed by atoms with Crippen LogP contribution in [-0.2, 0) is 10.7 Å². The van der Waals surface area contributed by atoms with Gasteiger partial charge in [-0.05, 0) is 44.2 Å². The van der Waals surface area contributed by atoms with Crippen LogP contribution in [0.3, 0.4) is 0 Å². The number of rotatable bonds is 5. The van der Waals surface area contributed by atoms with Crippen LogP contribution in [-0.4, -0.2) is 71.7 Å². The van der Waals surface area contributed by atoms with Crippen molar-refractivity contribution in [2.75, 3.05) is 38.1 Å². The molecular weight excluding hydrogens is 474 g/mol. The van der Waals surface area contributed by atoms with E-state index in [0.717, 1.165) is 27.3 Å². The molecule has 5 rings (SSSR count). The molecule has 3 heterocycles. The number of aliphatic hydroxyl groups excluding tert-OH is 1. The molecule has 0 saturated carbocycles. The van der Waals surface area contributed by atoms with E-state index in [1.54, 1.807) is 11.0 Å². The summed E-state index contributed by atoms with van der Waals surface area (Å²) in [6, 6.07) is 11.6. The lowest BCUT2D eigenvalue weighted by molar-refractivity contribution is -0.133. The van der Waals surface area contributed by atoms with Crippen molar-refractivity contribution in [2.24, 2.45) is 0 Å². The molecule has 1 unspecified atom stereocenters. The summed E-state index contributed by atoms with van der Waals surface area (Å²) < 4.78 is 28.2. The zero-order valence-electron chi connectivity index (χ0n) is 19.6. The Hall–Kier alpha value is -2.69. The van der Waals surface area contributed by atoms with E-state index in [9.17, 15) is 23.5 Å². The molecule has 2 aromatic rings. The number of para-hydroxylation sites is 1. The number of carbonyl (C=O) groups excluding carboxylic acids is 2. The Morgan fingerprint density at radius 1 is 1.06 bits per heavy atom. The molecule has 2 saturated heterocycles. The van der Waals surface area contributed by atoms with Crippen LogP contribution >= 0.6 is 11.8 Å². The second-order valence-electron chi connectivity index (χ2n) is 9.64. The highest BCUT2D eigenvalue weighted by atomic mass is 32.2. The Kier molecular flexibility index (Phi) is 6.01. The van der Waals surface area contributed by atoms with Gasteiger partial charge in [-0.15, -0.1) is 0 Å². The fourth-order valence-corrected chi connectivity index (χ4v) is 6.04. The predicted octanol–water partition coefficient (Wildman–Crippen LogP) is 3.78. The molecule has 2 aromatic carbocycles. The number of nitrogens with zero attached hydrogens (tertiary/aromatic N) is 3. The van der Waals surface area contributed by atoms with E-state index in [1.807, 2.05) is 31.3 Å². The lowest BCUT2D eigenvalue weighted by Gasteiger charge is -2.36. The smallest absolute Gasteiger partial charge is 0.325 e. The van der Waals surface area contributed by atoms with Gasteiger partial charge in [-0.25, -0.2) is 13.6 Å². The average Bonchev–Trinajstić information content (AvgIpc) is 3.04. The first-order chi connectivity index (χ1) is 16.6. The maximum atomic E-state index is 14.1. The van der Waals surface area contributed by atoms with Crippen molar-refractivity contribution in [1.82, 2.24) is 15.1 Å². The highest BCUT2D eigenvalue weighted by molar-refractivity contribution is 7.99. The van der Waals surface area contributed by atoms with Crippen molar-refractivity contribution in [3.63, 3.8) is 0 Å². The van der Waals surface area contributed by atoms with E-state index in [1.165, 1.54) is 23.9 Å². The molecule has 0 aliphatic carbocycles. The van der Waals surface area contributed by atoms with Gasteiger partial charge in [-0.1, -0.05) is 30.0 Å². The van der Waals surface area contributed by atoms with Gasteiger partial charge in [0, 0.05) is 35.4 Å². The van der Waals surface area contributed by atoms with Crippen molar-refractivity contribution in [3.05, 3.63) is 48.0 Å². The first kappa shape index (κ1) is 24.0. The minimum atomic E-state index is -3.01. The number of hydrogen-bond acceptors (Lipinski definition) is 6. The summed E-state index contributed by atoms with van der Waals surface area (Å²) in [7, 11) is 1.97. The Bertz CT molecular complexity index is 1160. The second-order valence-corrected chi connectivity index (χ2v) is 10.7. The van der Waals surface area contributed by atoms with Crippen molar-refractivity contribution in [1.29, 1.82) is 0 Å². The molecule has 1 spiro atoms. The van der Waals surface area contributed by atoms with Gasteiger partial charge in [0.15, 0.2) is 0 Å². The van der Waals surface area contributed by atoms with Crippen molar-refractivity contribution in [2.45, 2.75) is 47.1 Å². The summed E-state index contributed by atoms with van der Waals surface area (Å²) in [5.41, 5.74) is 0.320.